The molecule has 4 nitrogen and oxygen atoms in total. The quantitative estimate of drug-likeness (QED) is 0.462. The van der Waals surface area contributed by atoms with Gasteiger partial charge in [0.15, 0.2) is 0 Å². The molecule has 0 saturated carbocycles. The van der Waals surface area contributed by atoms with Crippen molar-refractivity contribution < 1.29 is 14.5 Å². The van der Waals surface area contributed by atoms with E-state index < -0.39 is 0 Å². The van der Waals surface area contributed by atoms with E-state index in [1.54, 1.807) is 0 Å². The summed E-state index contributed by atoms with van der Waals surface area (Å²) in [6.45, 7) is 2.93. The largest absolute Gasteiger partial charge is 0.483 e. The summed E-state index contributed by atoms with van der Waals surface area (Å²) in [4.78, 5) is 8.36. The molecule has 1 heterocycles. The zero-order valence-corrected chi connectivity index (χ0v) is 6.77. The Balaban J connectivity index is 0.000000292. The van der Waals surface area contributed by atoms with Gasteiger partial charge in [0.1, 0.15) is 12.4 Å². The van der Waals surface area contributed by atoms with Gasteiger partial charge < -0.3 is 5.11 Å². The number of aromatic nitrogens is 2. The molecule has 4 heteroatoms. The molecule has 0 fully saturated rings. The minimum atomic E-state index is -0.250. The smallest absolute Gasteiger partial charge is 0.290 e. The highest BCUT2D eigenvalue weighted by molar-refractivity contribution is 5.32. The summed E-state index contributed by atoms with van der Waals surface area (Å²) in [6.07, 6.45) is 6.14. The fraction of sp³-hybridized carbons (Fsp3) is 0.429. The summed E-state index contributed by atoms with van der Waals surface area (Å²) in [6, 6.07) is 0. The molecule has 0 radical (unpaired) electrons. The number of hydrogen-bond acceptors (Lipinski definition) is 1. The Morgan fingerprint density at radius 3 is 2.45 bits per heavy atom. The molecule has 0 amide bonds. The summed E-state index contributed by atoms with van der Waals surface area (Å²) in [5, 5.41) is 6.89. The maximum Gasteiger partial charge on any atom is 0.290 e. The van der Waals surface area contributed by atoms with E-state index >= 15 is 0 Å². The second-order valence-corrected chi connectivity index (χ2v) is 2.01. The molecule has 0 atom stereocenters. The average Bonchev–Trinajstić information content (AvgIpc) is 2.37. The Labute approximate surface area is 65.7 Å². The van der Waals surface area contributed by atoms with Crippen molar-refractivity contribution in [2.75, 3.05) is 0 Å². The van der Waals surface area contributed by atoms with Crippen molar-refractivity contribution in [1.29, 1.82) is 0 Å². The highest BCUT2D eigenvalue weighted by Gasteiger charge is 1.92. The predicted octanol–water partition coefficient (Wildman–Crippen LogP) is 0.0333. The van der Waals surface area contributed by atoms with Crippen LogP contribution >= 0.6 is 0 Å². The van der Waals surface area contributed by atoms with Crippen LogP contribution in [0.5, 0.6) is 0 Å². The lowest BCUT2D eigenvalue weighted by Gasteiger charge is -1.81. The zero-order chi connectivity index (χ0) is 8.69. The highest BCUT2D eigenvalue weighted by atomic mass is 16.3. The lowest BCUT2D eigenvalue weighted by atomic mass is 10.7. The topological polar surface area (TPSA) is 46.1 Å². The van der Waals surface area contributed by atoms with E-state index in [2.05, 4.69) is 24.0 Å². The first-order valence-corrected chi connectivity index (χ1v) is 3.33. The van der Waals surface area contributed by atoms with Gasteiger partial charge in [0, 0.05) is 0 Å². The maximum atomic E-state index is 8.36. The number of carboxylic acid groups (broad SMARTS) is 1. The van der Waals surface area contributed by atoms with Gasteiger partial charge in [0.05, 0.1) is 13.6 Å². The predicted molar refractivity (Wildman–Crippen MR) is 40.0 cm³/mol. The van der Waals surface area contributed by atoms with Crippen LogP contribution < -0.4 is 4.57 Å². The molecule has 0 spiro atoms. The molecule has 62 valence electrons. The molecule has 0 aromatic carbocycles. The number of nitrogens with zero attached hydrogens (tertiary/aromatic N) is 2. The lowest BCUT2D eigenvalue weighted by Crippen LogP contribution is -2.23. The van der Waals surface area contributed by atoms with Gasteiger partial charge in [-0.05, 0) is 6.92 Å². The third-order valence-electron chi connectivity index (χ3n) is 1.19. The average molecular weight is 157 g/mol. The van der Waals surface area contributed by atoms with Crippen molar-refractivity contribution in [2.45, 2.75) is 13.5 Å². The van der Waals surface area contributed by atoms with E-state index in [0.29, 0.717) is 0 Å². The summed E-state index contributed by atoms with van der Waals surface area (Å²) >= 11 is 0. The third kappa shape index (κ3) is 4.13. The summed E-state index contributed by atoms with van der Waals surface area (Å²) < 4.78 is 4.16. The minimum absolute atomic E-state index is 0.250. The molecule has 0 bridgehead atoms. The molecule has 0 saturated heterocycles. The molecule has 1 rings (SSSR count). The lowest BCUT2D eigenvalue weighted by molar-refractivity contribution is -0.671. The van der Waals surface area contributed by atoms with Crippen LogP contribution in [0.15, 0.2) is 18.7 Å². The molecule has 0 unspecified atom stereocenters. The minimum Gasteiger partial charge on any atom is -0.483 e. The standard InChI is InChI=1S/C6H11N2.CH2O2/c1-3-8-5-4-7(2)6-8;2-1-3/h4-6H,3H2,1-2H3;1H,(H,2,3)/q+1;. The second-order valence-electron chi connectivity index (χ2n) is 2.01. The van der Waals surface area contributed by atoms with Crippen LogP contribution in [0.2, 0.25) is 0 Å². The van der Waals surface area contributed by atoms with Gasteiger partial charge in [0.25, 0.3) is 6.47 Å². The fourth-order valence-electron chi connectivity index (χ4n) is 0.689. The molecule has 0 aliphatic rings. The van der Waals surface area contributed by atoms with Crippen molar-refractivity contribution in [3.8, 4) is 0 Å². The van der Waals surface area contributed by atoms with Gasteiger partial charge in [-0.3, -0.25) is 4.79 Å². The van der Waals surface area contributed by atoms with E-state index in [-0.39, 0.29) is 6.47 Å². The molecule has 11 heavy (non-hydrogen) atoms. The number of carbonyl (C=O) groups is 1. The molecular formula is C7H13N2O2+. The van der Waals surface area contributed by atoms with Crippen LogP contribution in [0.1, 0.15) is 6.92 Å². The van der Waals surface area contributed by atoms with Crippen LogP contribution in [-0.2, 0) is 18.4 Å². The van der Waals surface area contributed by atoms with Crippen molar-refractivity contribution in [3.05, 3.63) is 18.7 Å². The van der Waals surface area contributed by atoms with Crippen molar-refractivity contribution in [1.82, 2.24) is 4.57 Å². The first-order chi connectivity index (χ1) is 5.24. The van der Waals surface area contributed by atoms with Gasteiger partial charge >= 0.3 is 0 Å². The van der Waals surface area contributed by atoms with Gasteiger partial charge in [-0.25, -0.2) is 9.13 Å². The number of imidazole rings is 1. The Morgan fingerprint density at radius 2 is 2.27 bits per heavy atom. The SMILES string of the molecule is CCn1cc[n+](C)c1.O=CO. The molecule has 1 aromatic rings. The second kappa shape index (κ2) is 5.46. The summed E-state index contributed by atoms with van der Waals surface area (Å²) in [5.74, 6) is 0. The summed E-state index contributed by atoms with van der Waals surface area (Å²) in [7, 11) is 2.02. The van der Waals surface area contributed by atoms with E-state index in [4.69, 9.17) is 9.90 Å². The van der Waals surface area contributed by atoms with E-state index in [1.807, 2.05) is 17.8 Å². The van der Waals surface area contributed by atoms with Gasteiger partial charge in [-0.15, -0.1) is 0 Å². The van der Waals surface area contributed by atoms with Crippen LogP contribution in [-0.4, -0.2) is 16.1 Å². The van der Waals surface area contributed by atoms with Gasteiger partial charge in [-0.2, -0.15) is 0 Å². The first kappa shape index (κ1) is 9.68. The Bertz CT molecular complexity index is 208. The number of rotatable bonds is 1. The molecule has 0 aliphatic carbocycles. The Morgan fingerprint density at radius 1 is 1.73 bits per heavy atom. The van der Waals surface area contributed by atoms with Crippen molar-refractivity contribution in [3.63, 3.8) is 0 Å². The first-order valence-electron chi connectivity index (χ1n) is 3.33. The van der Waals surface area contributed by atoms with E-state index in [0.717, 1.165) is 6.54 Å². The van der Waals surface area contributed by atoms with Gasteiger partial charge in [-0.1, -0.05) is 0 Å². The monoisotopic (exact) mass is 157 g/mol. The fourth-order valence-corrected chi connectivity index (χ4v) is 0.689. The van der Waals surface area contributed by atoms with Crippen molar-refractivity contribution in [2.24, 2.45) is 7.05 Å². The third-order valence-corrected chi connectivity index (χ3v) is 1.19. The Kier molecular flexibility index (Phi) is 4.81. The molecule has 1 aromatic heterocycles. The van der Waals surface area contributed by atoms with Crippen LogP contribution in [0, 0.1) is 0 Å². The Hall–Kier alpha value is -1.32. The van der Waals surface area contributed by atoms with Crippen LogP contribution in [0.25, 0.3) is 0 Å². The van der Waals surface area contributed by atoms with E-state index in [1.165, 1.54) is 0 Å². The molecular weight excluding hydrogens is 144 g/mol. The van der Waals surface area contributed by atoms with Gasteiger partial charge in [0.2, 0.25) is 6.33 Å². The van der Waals surface area contributed by atoms with Crippen LogP contribution in [0.4, 0.5) is 0 Å². The number of aryl methyl sites for hydroxylation is 2. The van der Waals surface area contributed by atoms with Crippen LogP contribution in [0.3, 0.4) is 0 Å². The number of hydrogen-bond donors (Lipinski definition) is 1. The maximum absolute atomic E-state index is 8.36. The van der Waals surface area contributed by atoms with Crippen molar-refractivity contribution >= 4 is 6.47 Å². The normalized spacial score (nSPS) is 8.18. The van der Waals surface area contributed by atoms with E-state index in [9.17, 15) is 0 Å². The molecule has 1 N–H and O–H groups in total. The highest BCUT2D eigenvalue weighted by Crippen LogP contribution is 1.79. The zero-order valence-electron chi connectivity index (χ0n) is 6.77. The molecule has 0 aliphatic heterocycles. The summed E-state index contributed by atoms with van der Waals surface area (Å²) in [5.41, 5.74) is 0.